The van der Waals surface area contributed by atoms with Crippen LogP contribution < -0.4 is 0 Å². The first kappa shape index (κ1) is 11.7. The molecule has 2 nitrogen and oxygen atoms in total. The smallest absolute Gasteiger partial charge is 0.121 e. The molecule has 1 aliphatic carbocycles. The zero-order chi connectivity index (χ0) is 12.4. The zero-order valence-corrected chi connectivity index (χ0v) is 10.6. The second-order valence-corrected chi connectivity index (χ2v) is 5.37. The highest BCUT2D eigenvalue weighted by Crippen LogP contribution is 2.43. The minimum atomic E-state index is 0.272. The number of carbonyl (C=O) groups excluding carboxylic acids is 1. The van der Waals surface area contributed by atoms with Crippen LogP contribution >= 0.6 is 0 Å². The van der Waals surface area contributed by atoms with E-state index >= 15 is 0 Å². The van der Waals surface area contributed by atoms with Gasteiger partial charge in [0.15, 0.2) is 0 Å². The van der Waals surface area contributed by atoms with Gasteiger partial charge in [0.2, 0.25) is 0 Å². The standard InChI is InChI=1S/C16H19NO/c18-13-3-10-17-11-8-16(9-12-17)7-6-14-4-1-2-5-15(14)16/h1-2,4-7,13H,3,8-12H2. The lowest BCUT2D eigenvalue weighted by molar-refractivity contribution is -0.108. The zero-order valence-electron chi connectivity index (χ0n) is 10.6. The van der Waals surface area contributed by atoms with E-state index in [0.29, 0.717) is 6.42 Å². The van der Waals surface area contributed by atoms with Crippen molar-refractivity contribution < 1.29 is 4.79 Å². The van der Waals surface area contributed by atoms with Crippen LogP contribution in [0.5, 0.6) is 0 Å². The first-order chi connectivity index (χ1) is 8.84. The Morgan fingerprint density at radius 3 is 2.78 bits per heavy atom. The molecule has 0 bridgehead atoms. The molecule has 0 atom stereocenters. The second kappa shape index (κ2) is 4.69. The molecule has 3 rings (SSSR count). The normalized spacial score (nSPS) is 21.1. The summed E-state index contributed by atoms with van der Waals surface area (Å²) in [6.45, 7) is 3.13. The van der Waals surface area contributed by atoms with Crippen LogP contribution in [0.1, 0.15) is 30.4 Å². The van der Waals surface area contributed by atoms with Gasteiger partial charge in [-0.05, 0) is 37.1 Å². The Morgan fingerprint density at radius 1 is 1.22 bits per heavy atom. The largest absolute Gasteiger partial charge is 0.303 e. The predicted molar refractivity (Wildman–Crippen MR) is 73.5 cm³/mol. The lowest BCUT2D eigenvalue weighted by atomic mass is 9.74. The molecule has 0 unspecified atom stereocenters. The van der Waals surface area contributed by atoms with Crippen LogP contribution in [-0.4, -0.2) is 30.8 Å². The average Bonchev–Trinajstić information content (AvgIpc) is 2.78. The molecule has 0 aromatic heterocycles. The highest BCUT2D eigenvalue weighted by atomic mass is 16.1. The van der Waals surface area contributed by atoms with E-state index in [1.54, 1.807) is 0 Å². The Balaban J connectivity index is 1.73. The summed E-state index contributed by atoms with van der Waals surface area (Å²) in [6, 6.07) is 8.74. The number of hydrogen-bond donors (Lipinski definition) is 0. The number of piperidine rings is 1. The Bertz CT molecular complexity index is 470. The van der Waals surface area contributed by atoms with E-state index in [0.717, 1.165) is 25.9 Å². The number of nitrogens with zero attached hydrogens (tertiary/aromatic N) is 1. The number of rotatable bonds is 3. The minimum Gasteiger partial charge on any atom is -0.303 e. The fourth-order valence-corrected chi connectivity index (χ4v) is 3.28. The van der Waals surface area contributed by atoms with Crippen LogP contribution in [0, 0.1) is 0 Å². The second-order valence-electron chi connectivity index (χ2n) is 5.37. The summed E-state index contributed by atoms with van der Waals surface area (Å²) in [4.78, 5) is 12.8. The fraction of sp³-hybridized carbons (Fsp3) is 0.438. The average molecular weight is 241 g/mol. The van der Waals surface area contributed by atoms with Crippen LogP contribution in [0.2, 0.25) is 0 Å². The molecular formula is C16H19NO. The van der Waals surface area contributed by atoms with E-state index in [9.17, 15) is 4.79 Å². The first-order valence-electron chi connectivity index (χ1n) is 6.79. The van der Waals surface area contributed by atoms with Crippen molar-refractivity contribution in [1.82, 2.24) is 4.90 Å². The molecule has 0 radical (unpaired) electrons. The SMILES string of the molecule is O=CCCN1CCC2(C=Cc3ccccc32)CC1. The van der Waals surface area contributed by atoms with Crippen molar-refractivity contribution in [3.63, 3.8) is 0 Å². The van der Waals surface area contributed by atoms with E-state index in [-0.39, 0.29) is 5.41 Å². The molecule has 1 aliphatic heterocycles. The van der Waals surface area contributed by atoms with Crippen LogP contribution in [0.25, 0.3) is 6.08 Å². The third-order valence-corrected chi connectivity index (χ3v) is 4.39. The predicted octanol–water partition coefficient (Wildman–Crippen LogP) is 2.64. The summed E-state index contributed by atoms with van der Waals surface area (Å²) in [7, 11) is 0. The molecule has 1 heterocycles. The van der Waals surface area contributed by atoms with E-state index in [1.165, 1.54) is 24.0 Å². The van der Waals surface area contributed by atoms with Gasteiger partial charge < -0.3 is 9.69 Å². The van der Waals surface area contributed by atoms with Crippen LogP contribution in [0.4, 0.5) is 0 Å². The molecule has 0 N–H and O–H groups in total. The van der Waals surface area contributed by atoms with Crippen molar-refractivity contribution in [1.29, 1.82) is 0 Å². The van der Waals surface area contributed by atoms with Gasteiger partial charge in [-0.15, -0.1) is 0 Å². The molecule has 94 valence electrons. The number of aldehydes is 1. The molecule has 2 aliphatic rings. The molecule has 2 heteroatoms. The molecule has 1 aromatic carbocycles. The highest BCUT2D eigenvalue weighted by molar-refractivity contribution is 5.65. The quantitative estimate of drug-likeness (QED) is 0.758. The van der Waals surface area contributed by atoms with Gasteiger partial charge in [-0.2, -0.15) is 0 Å². The van der Waals surface area contributed by atoms with Gasteiger partial charge in [-0.1, -0.05) is 36.4 Å². The lowest BCUT2D eigenvalue weighted by Gasteiger charge is -2.39. The Hall–Kier alpha value is -1.41. The maximum absolute atomic E-state index is 10.4. The summed E-state index contributed by atoms with van der Waals surface area (Å²) in [5.74, 6) is 0. The lowest BCUT2D eigenvalue weighted by Crippen LogP contribution is -2.41. The van der Waals surface area contributed by atoms with Crippen LogP contribution in [-0.2, 0) is 10.2 Å². The van der Waals surface area contributed by atoms with Gasteiger partial charge in [-0.3, -0.25) is 0 Å². The van der Waals surface area contributed by atoms with Crippen molar-refractivity contribution >= 4 is 12.4 Å². The van der Waals surface area contributed by atoms with Crippen molar-refractivity contribution in [3.8, 4) is 0 Å². The monoisotopic (exact) mass is 241 g/mol. The summed E-state index contributed by atoms with van der Waals surface area (Å²) in [6.07, 6.45) is 8.72. The summed E-state index contributed by atoms with van der Waals surface area (Å²) in [5, 5.41) is 0. The number of fused-ring (bicyclic) bond motifs is 2. The van der Waals surface area contributed by atoms with Gasteiger partial charge in [0.1, 0.15) is 6.29 Å². The minimum absolute atomic E-state index is 0.272. The van der Waals surface area contributed by atoms with E-state index in [4.69, 9.17) is 0 Å². The third-order valence-electron chi connectivity index (χ3n) is 4.39. The van der Waals surface area contributed by atoms with Gasteiger partial charge in [0.25, 0.3) is 0 Å². The van der Waals surface area contributed by atoms with E-state index in [2.05, 4.69) is 41.3 Å². The first-order valence-corrected chi connectivity index (χ1v) is 6.79. The molecule has 1 spiro atoms. The molecule has 0 saturated carbocycles. The van der Waals surface area contributed by atoms with Gasteiger partial charge in [0, 0.05) is 18.4 Å². The van der Waals surface area contributed by atoms with Crippen molar-refractivity contribution in [2.24, 2.45) is 0 Å². The van der Waals surface area contributed by atoms with Gasteiger partial charge in [0.05, 0.1) is 0 Å². The Kier molecular flexibility index (Phi) is 3.04. The topological polar surface area (TPSA) is 20.3 Å². The molecule has 1 aromatic rings. The maximum Gasteiger partial charge on any atom is 0.121 e. The number of benzene rings is 1. The van der Waals surface area contributed by atoms with Gasteiger partial charge in [-0.25, -0.2) is 0 Å². The van der Waals surface area contributed by atoms with Crippen molar-refractivity contribution in [2.45, 2.75) is 24.7 Å². The number of hydrogen-bond acceptors (Lipinski definition) is 2. The van der Waals surface area contributed by atoms with Crippen LogP contribution in [0.3, 0.4) is 0 Å². The number of allylic oxidation sites excluding steroid dienone is 1. The van der Waals surface area contributed by atoms with Crippen LogP contribution in [0.15, 0.2) is 30.3 Å². The Labute approximate surface area is 108 Å². The fourth-order valence-electron chi connectivity index (χ4n) is 3.28. The summed E-state index contributed by atoms with van der Waals surface area (Å²) < 4.78 is 0. The van der Waals surface area contributed by atoms with Crippen molar-refractivity contribution in [3.05, 3.63) is 41.5 Å². The Morgan fingerprint density at radius 2 is 2.00 bits per heavy atom. The highest BCUT2D eigenvalue weighted by Gasteiger charge is 2.37. The molecule has 1 saturated heterocycles. The summed E-state index contributed by atoms with van der Waals surface area (Å²) >= 11 is 0. The third kappa shape index (κ3) is 1.91. The van der Waals surface area contributed by atoms with Crippen molar-refractivity contribution in [2.75, 3.05) is 19.6 Å². The maximum atomic E-state index is 10.4. The summed E-state index contributed by atoms with van der Waals surface area (Å²) in [5.41, 5.74) is 3.16. The van der Waals surface area contributed by atoms with E-state index < -0.39 is 0 Å². The van der Waals surface area contributed by atoms with Gasteiger partial charge >= 0.3 is 0 Å². The molecule has 0 amide bonds. The molecule has 18 heavy (non-hydrogen) atoms. The molecular weight excluding hydrogens is 222 g/mol. The number of likely N-dealkylation sites (tertiary alicyclic amines) is 1. The van der Waals surface area contributed by atoms with E-state index in [1.807, 2.05) is 0 Å². The number of carbonyl (C=O) groups is 1. The molecule has 1 fully saturated rings.